The highest BCUT2D eigenvalue weighted by atomic mass is 16.3. The monoisotopic (exact) mass is 225 g/mol. The highest BCUT2D eigenvalue weighted by molar-refractivity contribution is 4.83. The predicted octanol–water partition coefficient (Wildman–Crippen LogP) is 2.71. The van der Waals surface area contributed by atoms with Crippen LogP contribution in [0.25, 0.3) is 0 Å². The van der Waals surface area contributed by atoms with Crippen molar-refractivity contribution >= 4 is 0 Å². The third-order valence-corrected chi connectivity index (χ3v) is 4.54. The molecule has 0 bridgehead atoms. The van der Waals surface area contributed by atoms with Crippen LogP contribution in [0.4, 0.5) is 0 Å². The first-order valence-corrected chi connectivity index (χ1v) is 7.24. The van der Waals surface area contributed by atoms with E-state index in [1.54, 1.807) is 0 Å². The van der Waals surface area contributed by atoms with Gasteiger partial charge in [0, 0.05) is 12.6 Å². The smallest absolute Gasteiger partial charge is 0.0474 e. The van der Waals surface area contributed by atoms with Gasteiger partial charge in [0.25, 0.3) is 0 Å². The van der Waals surface area contributed by atoms with Crippen LogP contribution in [0.1, 0.15) is 57.8 Å². The molecular formula is C14H27NO. The maximum Gasteiger partial charge on any atom is 0.0474 e. The molecule has 2 unspecified atom stereocenters. The zero-order chi connectivity index (χ0) is 11.2. The summed E-state index contributed by atoms with van der Waals surface area (Å²) < 4.78 is 0. The van der Waals surface area contributed by atoms with Gasteiger partial charge in [-0.2, -0.15) is 0 Å². The first-order chi connectivity index (χ1) is 7.90. The Hall–Kier alpha value is -0.0800. The van der Waals surface area contributed by atoms with Crippen molar-refractivity contribution in [3.05, 3.63) is 0 Å². The average molecular weight is 225 g/mol. The maximum atomic E-state index is 9.28. The van der Waals surface area contributed by atoms with E-state index < -0.39 is 0 Å². The van der Waals surface area contributed by atoms with Gasteiger partial charge in [0.05, 0.1) is 0 Å². The minimum atomic E-state index is 0.377. The number of hydrogen-bond donors (Lipinski definition) is 2. The summed E-state index contributed by atoms with van der Waals surface area (Å²) in [5, 5.41) is 13.0. The predicted molar refractivity (Wildman–Crippen MR) is 67.4 cm³/mol. The molecule has 2 fully saturated rings. The molecule has 0 heterocycles. The lowest BCUT2D eigenvalue weighted by Crippen LogP contribution is -2.37. The molecule has 2 rings (SSSR count). The summed E-state index contributed by atoms with van der Waals surface area (Å²) in [7, 11) is 0. The number of aliphatic hydroxyl groups excluding tert-OH is 1. The first kappa shape index (κ1) is 12.4. The van der Waals surface area contributed by atoms with E-state index in [0.29, 0.717) is 18.6 Å². The fourth-order valence-electron chi connectivity index (χ4n) is 3.41. The van der Waals surface area contributed by atoms with Crippen LogP contribution in [-0.4, -0.2) is 24.3 Å². The normalized spacial score (nSPS) is 32.8. The van der Waals surface area contributed by atoms with Crippen LogP contribution in [0.3, 0.4) is 0 Å². The third-order valence-electron chi connectivity index (χ3n) is 4.54. The SMILES string of the molecule is OCC1CCCC1NCC1CCCCCC1. The van der Waals surface area contributed by atoms with Gasteiger partial charge in [0.1, 0.15) is 0 Å². The van der Waals surface area contributed by atoms with Crippen molar-refractivity contribution < 1.29 is 5.11 Å². The summed E-state index contributed by atoms with van der Waals surface area (Å²) in [5.74, 6) is 1.44. The number of hydrogen-bond acceptors (Lipinski definition) is 2. The Morgan fingerprint density at radius 1 is 0.875 bits per heavy atom. The molecule has 94 valence electrons. The minimum absolute atomic E-state index is 0.377. The Morgan fingerprint density at radius 3 is 2.31 bits per heavy atom. The highest BCUT2D eigenvalue weighted by Crippen LogP contribution is 2.27. The van der Waals surface area contributed by atoms with E-state index in [9.17, 15) is 5.11 Å². The van der Waals surface area contributed by atoms with Crippen molar-refractivity contribution in [2.24, 2.45) is 11.8 Å². The second kappa shape index (κ2) is 6.61. The van der Waals surface area contributed by atoms with Gasteiger partial charge in [-0.3, -0.25) is 0 Å². The van der Waals surface area contributed by atoms with E-state index in [2.05, 4.69) is 5.32 Å². The van der Waals surface area contributed by atoms with Crippen molar-refractivity contribution in [1.82, 2.24) is 5.32 Å². The van der Waals surface area contributed by atoms with Gasteiger partial charge < -0.3 is 10.4 Å². The van der Waals surface area contributed by atoms with Gasteiger partial charge in [-0.25, -0.2) is 0 Å². The molecule has 2 heteroatoms. The molecule has 0 saturated heterocycles. The fraction of sp³-hybridized carbons (Fsp3) is 1.00. The fourth-order valence-corrected chi connectivity index (χ4v) is 3.41. The Balaban J connectivity index is 1.69. The van der Waals surface area contributed by atoms with Crippen LogP contribution in [-0.2, 0) is 0 Å². The van der Waals surface area contributed by atoms with Crippen LogP contribution in [0.15, 0.2) is 0 Å². The van der Waals surface area contributed by atoms with E-state index in [1.165, 1.54) is 64.3 Å². The van der Waals surface area contributed by atoms with Crippen LogP contribution >= 0.6 is 0 Å². The molecule has 0 amide bonds. The van der Waals surface area contributed by atoms with Crippen LogP contribution in [0, 0.1) is 11.8 Å². The molecule has 0 aliphatic heterocycles. The Labute approximate surface area is 99.8 Å². The third kappa shape index (κ3) is 3.46. The molecule has 0 aromatic carbocycles. The lowest BCUT2D eigenvalue weighted by molar-refractivity contribution is 0.201. The van der Waals surface area contributed by atoms with Crippen LogP contribution in [0.5, 0.6) is 0 Å². The minimum Gasteiger partial charge on any atom is -0.396 e. The summed E-state index contributed by atoms with van der Waals surface area (Å²) in [5.41, 5.74) is 0. The molecule has 16 heavy (non-hydrogen) atoms. The lowest BCUT2D eigenvalue weighted by Gasteiger charge is -2.22. The maximum absolute atomic E-state index is 9.28. The molecule has 2 N–H and O–H groups in total. The average Bonchev–Trinajstić information content (AvgIpc) is 2.60. The summed E-state index contributed by atoms with van der Waals surface area (Å²) in [6, 6.07) is 0.605. The quantitative estimate of drug-likeness (QED) is 0.721. The molecular weight excluding hydrogens is 198 g/mol. The van der Waals surface area contributed by atoms with E-state index in [4.69, 9.17) is 0 Å². The molecule has 0 spiro atoms. The topological polar surface area (TPSA) is 32.3 Å². The van der Waals surface area contributed by atoms with Crippen molar-refractivity contribution in [3.8, 4) is 0 Å². The largest absolute Gasteiger partial charge is 0.396 e. The molecule has 2 aliphatic rings. The zero-order valence-electron chi connectivity index (χ0n) is 10.5. The van der Waals surface area contributed by atoms with E-state index in [-0.39, 0.29) is 0 Å². The van der Waals surface area contributed by atoms with Crippen molar-refractivity contribution in [2.45, 2.75) is 63.8 Å². The van der Waals surface area contributed by atoms with Gasteiger partial charge in [0.2, 0.25) is 0 Å². The zero-order valence-corrected chi connectivity index (χ0v) is 10.5. The summed E-state index contributed by atoms with van der Waals surface area (Å²) in [4.78, 5) is 0. The Bertz CT molecular complexity index is 187. The summed E-state index contributed by atoms with van der Waals surface area (Å²) >= 11 is 0. The summed E-state index contributed by atoms with van der Waals surface area (Å²) in [6.45, 7) is 1.57. The van der Waals surface area contributed by atoms with Gasteiger partial charge >= 0.3 is 0 Å². The molecule has 0 radical (unpaired) electrons. The summed E-state index contributed by atoms with van der Waals surface area (Å²) in [6.07, 6.45) is 12.4. The van der Waals surface area contributed by atoms with E-state index in [1.807, 2.05) is 0 Å². The lowest BCUT2D eigenvalue weighted by atomic mass is 9.98. The van der Waals surface area contributed by atoms with Crippen molar-refractivity contribution in [1.29, 1.82) is 0 Å². The highest BCUT2D eigenvalue weighted by Gasteiger charge is 2.26. The number of rotatable bonds is 4. The van der Waals surface area contributed by atoms with E-state index >= 15 is 0 Å². The molecule has 0 aromatic heterocycles. The number of nitrogens with one attached hydrogen (secondary N) is 1. The molecule has 0 aromatic rings. The molecule has 2 atom stereocenters. The molecule has 2 saturated carbocycles. The van der Waals surface area contributed by atoms with Crippen molar-refractivity contribution in [2.75, 3.05) is 13.2 Å². The van der Waals surface area contributed by atoms with Gasteiger partial charge in [-0.05, 0) is 44.1 Å². The van der Waals surface area contributed by atoms with Gasteiger partial charge in [-0.1, -0.05) is 32.1 Å². The first-order valence-electron chi connectivity index (χ1n) is 7.24. The van der Waals surface area contributed by atoms with Crippen LogP contribution < -0.4 is 5.32 Å². The number of aliphatic hydroxyl groups is 1. The van der Waals surface area contributed by atoms with E-state index in [0.717, 1.165) is 5.92 Å². The van der Waals surface area contributed by atoms with Crippen molar-refractivity contribution in [3.63, 3.8) is 0 Å². The second-order valence-electron chi connectivity index (χ2n) is 5.75. The Morgan fingerprint density at radius 2 is 1.62 bits per heavy atom. The second-order valence-corrected chi connectivity index (χ2v) is 5.75. The molecule has 2 nitrogen and oxygen atoms in total. The Kier molecular flexibility index (Phi) is 5.11. The molecule has 2 aliphatic carbocycles. The van der Waals surface area contributed by atoms with Gasteiger partial charge in [-0.15, -0.1) is 0 Å². The van der Waals surface area contributed by atoms with Crippen LogP contribution in [0.2, 0.25) is 0 Å². The van der Waals surface area contributed by atoms with Gasteiger partial charge in [0.15, 0.2) is 0 Å². The standard InChI is InChI=1S/C14H27NO/c16-11-13-8-5-9-14(13)15-10-12-6-3-1-2-4-7-12/h12-16H,1-11H2.